The summed E-state index contributed by atoms with van der Waals surface area (Å²) in [6.45, 7) is 3.34. The zero-order valence-corrected chi connectivity index (χ0v) is 19.9. The Kier molecular flexibility index (Phi) is 7.67. The highest BCUT2D eigenvalue weighted by Crippen LogP contribution is 2.29. The van der Waals surface area contributed by atoms with Gasteiger partial charge in [-0.25, -0.2) is 0 Å². The number of rotatable bonds is 9. The predicted molar refractivity (Wildman–Crippen MR) is 131 cm³/mol. The van der Waals surface area contributed by atoms with E-state index in [1.807, 2.05) is 11.8 Å². The first kappa shape index (κ1) is 24.3. The van der Waals surface area contributed by atoms with Crippen molar-refractivity contribution in [2.24, 2.45) is 7.05 Å². The Bertz CT molecular complexity index is 1160. The number of likely N-dealkylation sites (tertiary alicyclic amines) is 1. The summed E-state index contributed by atoms with van der Waals surface area (Å²) in [6.07, 6.45) is 4.00. The number of nitrogens with zero attached hydrogens (tertiary/aromatic N) is 3. The summed E-state index contributed by atoms with van der Waals surface area (Å²) in [4.78, 5) is 27.3. The zero-order chi connectivity index (χ0) is 24.8. The van der Waals surface area contributed by atoms with E-state index in [0.717, 1.165) is 25.9 Å². The van der Waals surface area contributed by atoms with Gasteiger partial charge in [0.05, 0.1) is 6.61 Å². The van der Waals surface area contributed by atoms with Gasteiger partial charge in [0.1, 0.15) is 23.4 Å². The van der Waals surface area contributed by atoms with Gasteiger partial charge in [0.2, 0.25) is 0 Å². The maximum Gasteiger partial charge on any atom is 0.257 e. The molecular weight excluding hydrogens is 448 g/mol. The summed E-state index contributed by atoms with van der Waals surface area (Å²) in [5.74, 6) is 1.38. The lowest BCUT2D eigenvalue weighted by molar-refractivity contribution is 0.0792. The van der Waals surface area contributed by atoms with Crippen LogP contribution in [0.5, 0.6) is 17.2 Å². The Morgan fingerprint density at radius 2 is 1.74 bits per heavy atom. The van der Waals surface area contributed by atoms with Crippen LogP contribution in [0.3, 0.4) is 0 Å². The molecule has 0 bridgehead atoms. The van der Waals surface area contributed by atoms with Gasteiger partial charge >= 0.3 is 0 Å². The molecule has 1 aromatic heterocycles. The van der Waals surface area contributed by atoms with Gasteiger partial charge in [0.15, 0.2) is 5.82 Å². The highest BCUT2D eigenvalue weighted by atomic mass is 16.5. The van der Waals surface area contributed by atoms with Crippen LogP contribution in [0.1, 0.15) is 46.9 Å². The second-order valence-corrected chi connectivity index (χ2v) is 8.48. The Labute approximate surface area is 204 Å². The van der Waals surface area contributed by atoms with Gasteiger partial charge in [-0.3, -0.25) is 14.3 Å². The number of aryl methyl sites for hydroxylation is 1. The molecule has 4 rings (SSSR count). The van der Waals surface area contributed by atoms with E-state index in [-0.39, 0.29) is 18.4 Å². The summed E-state index contributed by atoms with van der Waals surface area (Å²) in [7, 11) is 1.76. The molecule has 0 radical (unpaired) electrons. The summed E-state index contributed by atoms with van der Waals surface area (Å²) in [5.41, 5.74) is 0.928. The van der Waals surface area contributed by atoms with Gasteiger partial charge in [0, 0.05) is 49.6 Å². The van der Waals surface area contributed by atoms with Crippen molar-refractivity contribution < 1.29 is 24.2 Å². The van der Waals surface area contributed by atoms with Gasteiger partial charge < -0.3 is 24.8 Å². The maximum atomic E-state index is 12.9. The van der Waals surface area contributed by atoms with Crippen molar-refractivity contribution in [3.63, 3.8) is 0 Å². The minimum Gasteiger partial charge on any atom is -0.488 e. The van der Waals surface area contributed by atoms with E-state index in [1.165, 1.54) is 0 Å². The Balaban J connectivity index is 1.54. The molecule has 1 saturated heterocycles. The Hall–Kier alpha value is -3.85. The third kappa shape index (κ3) is 6.19. The van der Waals surface area contributed by atoms with Crippen molar-refractivity contribution in [2.45, 2.75) is 32.3 Å². The van der Waals surface area contributed by atoms with E-state index in [1.54, 1.807) is 66.5 Å². The second kappa shape index (κ2) is 11.1. The molecule has 1 aliphatic heterocycles. The molecule has 9 nitrogen and oxygen atoms in total. The molecule has 35 heavy (non-hydrogen) atoms. The molecule has 2 aromatic carbocycles. The minimum absolute atomic E-state index is 0.0209. The summed E-state index contributed by atoms with van der Waals surface area (Å²) >= 11 is 0. The number of anilines is 1. The lowest BCUT2D eigenvalue weighted by atomic mass is 10.1. The van der Waals surface area contributed by atoms with Gasteiger partial charge in [-0.2, -0.15) is 5.10 Å². The van der Waals surface area contributed by atoms with E-state index < -0.39 is 6.10 Å². The molecule has 3 aromatic rings. The number of benzene rings is 2. The quantitative estimate of drug-likeness (QED) is 0.484. The molecule has 0 aliphatic carbocycles. The lowest BCUT2D eigenvalue weighted by Crippen LogP contribution is -2.27. The van der Waals surface area contributed by atoms with Crippen LogP contribution in [0.2, 0.25) is 0 Å². The number of aromatic nitrogens is 2. The highest BCUT2D eigenvalue weighted by Gasteiger charge is 2.19. The molecule has 9 heteroatoms. The highest BCUT2D eigenvalue weighted by molar-refractivity contribution is 6.04. The van der Waals surface area contributed by atoms with Crippen molar-refractivity contribution >= 4 is 17.6 Å². The van der Waals surface area contributed by atoms with Crippen molar-refractivity contribution in [3.05, 3.63) is 65.9 Å². The average molecular weight is 479 g/mol. The Morgan fingerprint density at radius 1 is 1.03 bits per heavy atom. The predicted octanol–water partition coefficient (Wildman–Crippen LogP) is 3.85. The third-order valence-corrected chi connectivity index (χ3v) is 5.79. The standard InChI is InChI=1S/C26H30N4O5/c1-3-20(17-31)34-22-14-19(25(32)27-24-10-13-29(2)28-24)15-23(16-22)35-21-8-6-18(7-9-21)26(33)30-11-4-5-12-30/h6-10,13-16,20,31H,3-5,11-12,17H2,1-2H3,(H,27,28,32). The van der Waals surface area contributed by atoms with Crippen LogP contribution in [0.15, 0.2) is 54.7 Å². The summed E-state index contributed by atoms with van der Waals surface area (Å²) in [5, 5.41) is 16.5. The molecule has 1 aliphatic rings. The molecule has 2 N–H and O–H groups in total. The topological polar surface area (TPSA) is 106 Å². The smallest absolute Gasteiger partial charge is 0.257 e. The molecule has 0 spiro atoms. The van der Waals surface area contributed by atoms with E-state index in [0.29, 0.717) is 40.6 Å². The number of hydrogen-bond acceptors (Lipinski definition) is 6. The molecular formula is C26H30N4O5. The number of ether oxygens (including phenoxy) is 2. The molecule has 184 valence electrons. The largest absolute Gasteiger partial charge is 0.488 e. The van der Waals surface area contributed by atoms with Gasteiger partial charge in [-0.15, -0.1) is 0 Å². The van der Waals surface area contributed by atoms with E-state index in [9.17, 15) is 14.7 Å². The molecule has 1 atom stereocenters. The molecule has 1 unspecified atom stereocenters. The van der Waals surface area contributed by atoms with Crippen LogP contribution >= 0.6 is 0 Å². The number of amides is 2. The molecule has 2 amide bonds. The van der Waals surface area contributed by atoms with E-state index in [4.69, 9.17) is 9.47 Å². The van der Waals surface area contributed by atoms with Crippen LogP contribution in [-0.2, 0) is 7.05 Å². The minimum atomic E-state index is -0.409. The first-order chi connectivity index (χ1) is 16.9. The van der Waals surface area contributed by atoms with Crippen LogP contribution in [-0.4, -0.2) is 57.4 Å². The fraction of sp³-hybridized carbons (Fsp3) is 0.346. The monoisotopic (exact) mass is 478 g/mol. The van der Waals surface area contributed by atoms with Crippen LogP contribution in [0.4, 0.5) is 5.82 Å². The average Bonchev–Trinajstić information content (AvgIpc) is 3.54. The van der Waals surface area contributed by atoms with Crippen molar-refractivity contribution in [2.75, 3.05) is 25.0 Å². The van der Waals surface area contributed by atoms with E-state index in [2.05, 4.69) is 10.4 Å². The van der Waals surface area contributed by atoms with Crippen LogP contribution in [0, 0.1) is 0 Å². The normalized spacial score (nSPS) is 14.0. The lowest BCUT2D eigenvalue weighted by Gasteiger charge is -2.17. The van der Waals surface area contributed by atoms with Crippen LogP contribution < -0.4 is 14.8 Å². The SMILES string of the molecule is CCC(CO)Oc1cc(Oc2ccc(C(=O)N3CCCC3)cc2)cc(C(=O)Nc2ccn(C)n2)c1. The molecule has 1 fully saturated rings. The second-order valence-electron chi connectivity index (χ2n) is 8.48. The fourth-order valence-corrected chi connectivity index (χ4v) is 3.85. The Morgan fingerprint density at radius 3 is 2.37 bits per heavy atom. The molecule has 2 heterocycles. The number of nitrogens with one attached hydrogen (secondary N) is 1. The van der Waals surface area contributed by atoms with Crippen molar-refractivity contribution in [3.8, 4) is 17.2 Å². The summed E-state index contributed by atoms with van der Waals surface area (Å²) < 4.78 is 13.5. The first-order valence-corrected chi connectivity index (χ1v) is 11.8. The first-order valence-electron chi connectivity index (χ1n) is 11.8. The van der Waals surface area contributed by atoms with Gasteiger partial charge in [-0.1, -0.05) is 6.92 Å². The van der Waals surface area contributed by atoms with Gasteiger partial charge in [-0.05, 0) is 55.7 Å². The van der Waals surface area contributed by atoms with Crippen LogP contribution in [0.25, 0.3) is 0 Å². The van der Waals surface area contributed by atoms with Crippen molar-refractivity contribution in [1.82, 2.24) is 14.7 Å². The van der Waals surface area contributed by atoms with Gasteiger partial charge in [0.25, 0.3) is 11.8 Å². The fourth-order valence-electron chi connectivity index (χ4n) is 3.85. The number of aliphatic hydroxyl groups excluding tert-OH is 1. The van der Waals surface area contributed by atoms with E-state index >= 15 is 0 Å². The maximum absolute atomic E-state index is 12.9. The number of hydrogen-bond donors (Lipinski definition) is 2. The van der Waals surface area contributed by atoms with Crippen molar-refractivity contribution in [1.29, 1.82) is 0 Å². The zero-order valence-electron chi connectivity index (χ0n) is 19.9. The number of carbonyl (C=O) groups excluding carboxylic acids is 2. The number of aliphatic hydroxyl groups is 1. The third-order valence-electron chi connectivity index (χ3n) is 5.79. The molecule has 0 saturated carbocycles. The number of carbonyl (C=O) groups is 2. The summed E-state index contributed by atoms with van der Waals surface area (Å²) in [6, 6.07) is 13.5.